The molecule has 3 aromatic rings. The molecule has 0 aliphatic rings. The minimum atomic E-state index is -4.62. The van der Waals surface area contributed by atoms with Gasteiger partial charge >= 0.3 is 19.7 Å². The van der Waals surface area contributed by atoms with Gasteiger partial charge in [-0.25, -0.2) is 14.2 Å². The lowest BCUT2D eigenvalue weighted by atomic mass is 10.1. The lowest BCUT2D eigenvalue weighted by Gasteiger charge is -2.30. The number of guanidine groups is 1. The fourth-order valence-electron chi connectivity index (χ4n) is 3.27. The van der Waals surface area contributed by atoms with Crippen LogP contribution >= 0.6 is 7.75 Å². The van der Waals surface area contributed by atoms with E-state index in [-0.39, 0.29) is 17.5 Å². The summed E-state index contributed by atoms with van der Waals surface area (Å²) in [5.74, 6) is -3.57. The van der Waals surface area contributed by atoms with Crippen molar-refractivity contribution in [3.8, 4) is 0 Å². The molecular weight excluding hydrogens is 541 g/mol. The summed E-state index contributed by atoms with van der Waals surface area (Å²) in [5, 5.41) is 11.9. The third kappa shape index (κ3) is 9.05. The summed E-state index contributed by atoms with van der Waals surface area (Å²) >= 11 is 0. The highest BCUT2D eigenvalue weighted by molar-refractivity contribution is 7.52. The minimum absolute atomic E-state index is 0.00864. The average Bonchev–Trinajstić information content (AvgIpc) is 2.96. The number of carbonyl (C=O) groups is 3. The zero-order chi connectivity index (χ0) is 29.0. The van der Waals surface area contributed by atoms with E-state index in [9.17, 15) is 24.1 Å². The Morgan fingerprint density at radius 3 is 1.68 bits per heavy atom. The minimum Gasteiger partial charge on any atom is -0.548 e. The molecule has 0 amide bonds. The molecule has 0 spiro atoms. The Morgan fingerprint density at radius 1 is 0.825 bits per heavy atom. The third-order valence-electron chi connectivity index (χ3n) is 5.43. The van der Waals surface area contributed by atoms with Gasteiger partial charge < -0.3 is 30.0 Å². The lowest BCUT2D eigenvalue weighted by molar-refractivity contribution is -0.310. The van der Waals surface area contributed by atoms with Crippen molar-refractivity contribution >= 4 is 31.6 Å². The van der Waals surface area contributed by atoms with Gasteiger partial charge in [-0.3, -0.25) is 9.05 Å². The van der Waals surface area contributed by atoms with Crippen LogP contribution in [0.4, 0.5) is 0 Å². The quantitative estimate of drug-likeness (QED) is 0.106. The molecule has 2 N–H and O–H groups in total. The molecule has 0 aliphatic heterocycles. The van der Waals surface area contributed by atoms with Crippen molar-refractivity contribution in [3.63, 3.8) is 0 Å². The molecule has 0 bridgehead atoms. The molecule has 0 aromatic heterocycles. The molecule has 12 nitrogen and oxygen atoms in total. The van der Waals surface area contributed by atoms with E-state index in [0.29, 0.717) is 5.56 Å². The SMILES string of the molecule is CN(C(N)=NP(=O)(OCOC(=O)c1ccccc1)OCOC(=O)c1ccccc1)C(Cc1ccccc1)C(=O)[O-]. The molecule has 40 heavy (non-hydrogen) atoms. The number of nitrogens with two attached hydrogens (primary N) is 1. The lowest BCUT2D eigenvalue weighted by Crippen LogP contribution is -2.52. The van der Waals surface area contributed by atoms with E-state index in [2.05, 4.69) is 4.76 Å². The van der Waals surface area contributed by atoms with Crippen LogP contribution in [0.5, 0.6) is 0 Å². The van der Waals surface area contributed by atoms with Crippen LogP contribution < -0.4 is 10.8 Å². The maximum absolute atomic E-state index is 13.4. The Hall–Kier alpha value is -4.51. The van der Waals surface area contributed by atoms with Gasteiger partial charge in [-0.1, -0.05) is 66.7 Å². The second-order valence-electron chi connectivity index (χ2n) is 8.15. The maximum Gasteiger partial charge on any atom is 0.462 e. The fourth-order valence-corrected chi connectivity index (χ4v) is 4.23. The number of likely N-dealkylation sites (N-methyl/N-ethyl adjacent to an activating group) is 1. The van der Waals surface area contributed by atoms with Gasteiger partial charge in [-0.2, -0.15) is 0 Å². The second-order valence-corrected chi connectivity index (χ2v) is 9.81. The number of carbonyl (C=O) groups excluding carboxylic acids is 3. The third-order valence-corrected chi connectivity index (χ3v) is 6.74. The molecule has 0 saturated carbocycles. The molecule has 0 saturated heterocycles. The van der Waals surface area contributed by atoms with E-state index in [1.165, 1.54) is 31.3 Å². The number of benzene rings is 3. The largest absolute Gasteiger partial charge is 0.548 e. The highest BCUT2D eigenvalue weighted by Gasteiger charge is 2.29. The van der Waals surface area contributed by atoms with Gasteiger partial charge in [0.25, 0.3) is 0 Å². The highest BCUT2D eigenvalue weighted by Crippen LogP contribution is 2.50. The summed E-state index contributed by atoms with van der Waals surface area (Å²) in [6.07, 6.45) is -0.00864. The molecule has 3 rings (SSSR count). The van der Waals surface area contributed by atoms with Crippen molar-refractivity contribution in [1.82, 2.24) is 4.90 Å². The van der Waals surface area contributed by atoms with Crippen LogP contribution in [0.15, 0.2) is 95.8 Å². The Balaban J connectivity index is 1.74. The number of esters is 2. The summed E-state index contributed by atoms with van der Waals surface area (Å²) < 4.78 is 37.4. The van der Waals surface area contributed by atoms with Gasteiger partial charge in [0.05, 0.1) is 23.1 Å². The van der Waals surface area contributed by atoms with Crippen LogP contribution in [0.1, 0.15) is 26.3 Å². The smallest absolute Gasteiger partial charge is 0.462 e. The van der Waals surface area contributed by atoms with Gasteiger partial charge in [0.2, 0.25) is 19.5 Å². The molecule has 0 radical (unpaired) electrons. The molecule has 0 fully saturated rings. The van der Waals surface area contributed by atoms with Crippen molar-refractivity contribution in [1.29, 1.82) is 0 Å². The molecule has 210 valence electrons. The summed E-state index contributed by atoms with van der Waals surface area (Å²) in [7, 11) is -3.32. The Morgan fingerprint density at radius 2 is 1.25 bits per heavy atom. The molecule has 13 heteroatoms. The number of carboxylic acid groups (broad SMARTS) is 1. The van der Waals surface area contributed by atoms with E-state index >= 15 is 0 Å². The Labute approximate surface area is 230 Å². The zero-order valence-corrected chi connectivity index (χ0v) is 22.3. The van der Waals surface area contributed by atoms with Crippen LogP contribution in [0.2, 0.25) is 0 Å². The molecule has 1 atom stereocenters. The first-order valence-corrected chi connectivity index (χ1v) is 13.3. The number of hydrogen-bond donors (Lipinski definition) is 1. The number of aliphatic carboxylic acids is 1. The first kappa shape index (κ1) is 30.0. The van der Waals surface area contributed by atoms with Gasteiger partial charge in [-0.05, 0) is 36.2 Å². The zero-order valence-electron chi connectivity index (χ0n) is 21.5. The summed E-state index contributed by atoms with van der Waals surface area (Å²) in [5.41, 5.74) is 7.07. The van der Waals surface area contributed by atoms with Crippen LogP contribution in [0.3, 0.4) is 0 Å². The number of hydrogen-bond acceptors (Lipinski definition) is 9. The van der Waals surface area contributed by atoms with Crippen LogP contribution in [0.25, 0.3) is 0 Å². The highest BCUT2D eigenvalue weighted by atomic mass is 31.2. The van der Waals surface area contributed by atoms with E-state index in [1.54, 1.807) is 66.7 Å². The summed E-state index contributed by atoms with van der Waals surface area (Å²) in [6, 6.07) is 23.3. The van der Waals surface area contributed by atoms with Crippen molar-refractivity contribution in [2.75, 3.05) is 20.6 Å². The molecule has 1 unspecified atom stereocenters. The van der Waals surface area contributed by atoms with Crippen molar-refractivity contribution < 1.29 is 42.6 Å². The van der Waals surface area contributed by atoms with Crippen LogP contribution in [-0.2, 0) is 34.3 Å². The molecule has 0 aliphatic carbocycles. The van der Waals surface area contributed by atoms with E-state index < -0.39 is 51.2 Å². The number of carboxylic acids is 1. The van der Waals surface area contributed by atoms with E-state index in [4.69, 9.17) is 24.3 Å². The predicted molar refractivity (Wildman–Crippen MR) is 142 cm³/mol. The van der Waals surface area contributed by atoms with Crippen molar-refractivity contribution in [2.45, 2.75) is 12.5 Å². The predicted octanol–water partition coefficient (Wildman–Crippen LogP) is 2.36. The average molecular weight is 568 g/mol. The first-order chi connectivity index (χ1) is 19.2. The van der Waals surface area contributed by atoms with Gasteiger partial charge in [0.15, 0.2) is 0 Å². The normalized spacial score (nSPS) is 12.3. The number of rotatable bonds is 13. The van der Waals surface area contributed by atoms with Crippen LogP contribution in [0, 0.1) is 0 Å². The second kappa shape index (κ2) is 14.6. The summed E-state index contributed by atoms with van der Waals surface area (Å²) in [6.45, 7) is -1.74. The van der Waals surface area contributed by atoms with Gasteiger partial charge in [-0.15, -0.1) is 4.76 Å². The maximum atomic E-state index is 13.4. The van der Waals surface area contributed by atoms with Crippen molar-refractivity contribution in [2.24, 2.45) is 10.5 Å². The number of nitrogens with zero attached hydrogens (tertiary/aromatic N) is 2. The van der Waals surface area contributed by atoms with Gasteiger partial charge in [0.1, 0.15) is 0 Å². The Kier molecular flexibility index (Phi) is 11.0. The molecular formula is C27H27N3O9P-. The topological polar surface area (TPSA) is 170 Å². The molecule has 3 aromatic carbocycles. The fraction of sp³-hybridized carbons (Fsp3) is 0.185. The van der Waals surface area contributed by atoms with Gasteiger partial charge in [0, 0.05) is 7.05 Å². The van der Waals surface area contributed by atoms with Crippen molar-refractivity contribution in [3.05, 3.63) is 108 Å². The standard InChI is InChI=1S/C27H28N3O9P/c1-30(23(24(31)32)17-20-11-5-2-6-12-20)27(28)29-40(35,38-18-36-25(33)21-13-7-3-8-14-21)39-19-37-26(34)22-15-9-4-10-16-22/h2-16,23H,17-19H2,1H3,(H,31,32)(H2,28,29,35)/p-1. The summed E-state index contributed by atoms with van der Waals surface area (Å²) in [4.78, 5) is 37.3. The molecule has 0 heterocycles. The van der Waals surface area contributed by atoms with E-state index in [0.717, 1.165) is 4.90 Å². The monoisotopic (exact) mass is 568 g/mol. The first-order valence-electron chi connectivity index (χ1n) is 11.9. The van der Waals surface area contributed by atoms with Crippen LogP contribution in [-0.4, -0.2) is 55.4 Å². The van der Waals surface area contributed by atoms with E-state index in [1.807, 2.05) is 0 Å². The Bertz CT molecular complexity index is 1290. The number of ether oxygens (including phenoxy) is 2.